The zero-order valence-electron chi connectivity index (χ0n) is 18.4. The second kappa shape index (κ2) is 12.3. The number of hydrogen-bond acceptors (Lipinski definition) is 4. The molecule has 1 aliphatic heterocycles. The number of carbonyl (C=O) groups is 1. The van der Waals surface area contributed by atoms with Crippen molar-refractivity contribution in [2.45, 2.75) is 38.6 Å². The largest absolute Gasteiger partial charge is 0.497 e. The highest BCUT2D eigenvalue weighted by molar-refractivity contribution is 5.84. The summed E-state index contributed by atoms with van der Waals surface area (Å²) in [5.41, 5.74) is 1.23. The van der Waals surface area contributed by atoms with Gasteiger partial charge in [0.25, 0.3) is 0 Å². The van der Waals surface area contributed by atoms with E-state index in [4.69, 9.17) is 4.74 Å². The minimum atomic E-state index is -0.000908. The van der Waals surface area contributed by atoms with E-state index in [0.29, 0.717) is 6.04 Å². The summed E-state index contributed by atoms with van der Waals surface area (Å²) in [5, 5.41) is 6.94. The number of methoxy groups -OCH3 is 1. The van der Waals surface area contributed by atoms with Crippen LogP contribution in [0.2, 0.25) is 0 Å². The average molecular weight is 404 g/mol. The molecule has 0 saturated carbocycles. The van der Waals surface area contributed by atoms with E-state index in [1.807, 2.05) is 12.1 Å². The number of piperidine rings is 1. The standard InChI is InChI=1S/C22H37N5O2/c1-5-14-27-15-11-19(12-16-27)25-22(24-17-21(28)26(2)3)23-13-10-18-6-8-20(29-4)9-7-18/h6-9,19H,5,10-17H2,1-4H3,(H2,23,24,25). The number of carbonyl (C=O) groups excluding carboxylic acids is 1. The summed E-state index contributed by atoms with van der Waals surface area (Å²) in [6.07, 6.45) is 4.27. The summed E-state index contributed by atoms with van der Waals surface area (Å²) in [6.45, 7) is 6.53. The maximum absolute atomic E-state index is 12.0. The number of amides is 1. The van der Waals surface area contributed by atoms with Gasteiger partial charge in [0.05, 0.1) is 7.11 Å². The van der Waals surface area contributed by atoms with E-state index in [2.05, 4.69) is 39.6 Å². The van der Waals surface area contributed by atoms with Crippen LogP contribution in [0.1, 0.15) is 31.7 Å². The van der Waals surface area contributed by atoms with Gasteiger partial charge in [0.2, 0.25) is 5.91 Å². The van der Waals surface area contributed by atoms with Crippen LogP contribution in [-0.4, -0.2) is 81.6 Å². The monoisotopic (exact) mass is 403 g/mol. The van der Waals surface area contributed by atoms with Crippen LogP contribution in [-0.2, 0) is 11.2 Å². The first-order chi connectivity index (χ1) is 14.0. The topological polar surface area (TPSA) is 69.2 Å². The Morgan fingerprint density at radius 3 is 2.52 bits per heavy atom. The van der Waals surface area contributed by atoms with Gasteiger partial charge in [-0.15, -0.1) is 0 Å². The number of benzene rings is 1. The fourth-order valence-electron chi connectivity index (χ4n) is 3.37. The molecule has 1 heterocycles. The molecular weight excluding hydrogens is 366 g/mol. The Bertz CT molecular complexity index is 637. The Balaban J connectivity index is 1.88. The second-order valence-corrected chi connectivity index (χ2v) is 7.74. The van der Waals surface area contributed by atoms with E-state index in [1.54, 1.807) is 26.1 Å². The van der Waals surface area contributed by atoms with E-state index >= 15 is 0 Å². The van der Waals surface area contributed by atoms with Crippen molar-refractivity contribution in [3.05, 3.63) is 29.8 Å². The normalized spacial score (nSPS) is 15.8. The summed E-state index contributed by atoms with van der Waals surface area (Å²) < 4.78 is 5.21. The Kier molecular flexibility index (Phi) is 9.77. The molecule has 1 amide bonds. The third kappa shape index (κ3) is 8.31. The highest BCUT2D eigenvalue weighted by atomic mass is 16.5. The van der Waals surface area contributed by atoms with Gasteiger partial charge in [0.1, 0.15) is 12.3 Å². The van der Waals surface area contributed by atoms with E-state index in [9.17, 15) is 4.79 Å². The minimum absolute atomic E-state index is 0.000908. The van der Waals surface area contributed by atoms with Crippen LogP contribution >= 0.6 is 0 Å². The number of ether oxygens (including phenoxy) is 1. The van der Waals surface area contributed by atoms with E-state index in [0.717, 1.165) is 50.6 Å². The number of rotatable bonds is 9. The van der Waals surface area contributed by atoms with Crippen molar-refractivity contribution >= 4 is 11.9 Å². The molecule has 2 N–H and O–H groups in total. The lowest BCUT2D eigenvalue weighted by molar-refractivity contribution is -0.127. The van der Waals surface area contributed by atoms with E-state index in [-0.39, 0.29) is 12.5 Å². The van der Waals surface area contributed by atoms with Gasteiger partial charge >= 0.3 is 0 Å². The molecule has 0 bridgehead atoms. The summed E-state index contributed by atoms with van der Waals surface area (Å²) in [5.74, 6) is 1.59. The lowest BCUT2D eigenvalue weighted by Crippen LogP contribution is -2.49. The smallest absolute Gasteiger partial charge is 0.243 e. The number of nitrogens with zero attached hydrogens (tertiary/aromatic N) is 3. The first-order valence-corrected chi connectivity index (χ1v) is 10.6. The number of nitrogens with one attached hydrogen (secondary N) is 2. The Morgan fingerprint density at radius 2 is 1.93 bits per heavy atom. The van der Waals surface area contributed by atoms with Crippen LogP contribution in [0.15, 0.2) is 29.3 Å². The molecule has 0 unspecified atom stereocenters. The lowest BCUT2D eigenvalue weighted by atomic mass is 10.1. The number of likely N-dealkylation sites (tertiary alicyclic amines) is 1. The van der Waals surface area contributed by atoms with Crippen molar-refractivity contribution in [2.24, 2.45) is 4.99 Å². The number of hydrogen-bond donors (Lipinski definition) is 2. The molecule has 7 heteroatoms. The number of aliphatic imine (C=N–C) groups is 1. The number of guanidine groups is 1. The van der Waals surface area contributed by atoms with Gasteiger partial charge in [-0.3, -0.25) is 4.79 Å². The van der Waals surface area contributed by atoms with Gasteiger partial charge in [-0.2, -0.15) is 0 Å². The maximum atomic E-state index is 12.0. The van der Waals surface area contributed by atoms with Crippen LogP contribution in [0.5, 0.6) is 5.75 Å². The molecule has 29 heavy (non-hydrogen) atoms. The highest BCUT2D eigenvalue weighted by Crippen LogP contribution is 2.12. The molecule has 1 fully saturated rings. The first kappa shape index (κ1) is 23.0. The molecule has 1 saturated heterocycles. The van der Waals surface area contributed by atoms with Gasteiger partial charge < -0.3 is 25.2 Å². The highest BCUT2D eigenvalue weighted by Gasteiger charge is 2.19. The molecule has 1 aromatic rings. The molecule has 7 nitrogen and oxygen atoms in total. The molecular formula is C22H37N5O2. The van der Waals surface area contributed by atoms with Crippen molar-refractivity contribution in [1.82, 2.24) is 20.4 Å². The molecule has 1 aromatic carbocycles. The zero-order valence-corrected chi connectivity index (χ0v) is 18.4. The van der Waals surface area contributed by atoms with Gasteiger partial charge in [0.15, 0.2) is 5.96 Å². The molecule has 0 atom stereocenters. The van der Waals surface area contributed by atoms with E-state index < -0.39 is 0 Å². The summed E-state index contributed by atoms with van der Waals surface area (Å²) in [4.78, 5) is 20.6. The molecule has 0 radical (unpaired) electrons. The zero-order chi connectivity index (χ0) is 21.1. The third-order valence-corrected chi connectivity index (χ3v) is 5.20. The molecule has 0 spiro atoms. The minimum Gasteiger partial charge on any atom is -0.497 e. The first-order valence-electron chi connectivity index (χ1n) is 10.6. The molecule has 2 rings (SSSR count). The molecule has 1 aliphatic rings. The molecule has 0 aliphatic carbocycles. The van der Waals surface area contributed by atoms with Crippen LogP contribution in [0.3, 0.4) is 0 Å². The SMILES string of the molecule is CCCN1CCC(NC(=NCC(=O)N(C)C)NCCc2ccc(OC)cc2)CC1. The Labute approximate surface area is 175 Å². The summed E-state index contributed by atoms with van der Waals surface area (Å²) in [6, 6.07) is 8.49. The summed E-state index contributed by atoms with van der Waals surface area (Å²) in [7, 11) is 5.18. The quantitative estimate of drug-likeness (QED) is 0.486. The predicted octanol–water partition coefficient (Wildman–Crippen LogP) is 1.74. The lowest BCUT2D eigenvalue weighted by Gasteiger charge is -2.32. The van der Waals surface area contributed by atoms with E-state index in [1.165, 1.54) is 18.5 Å². The maximum Gasteiger partial charge on any atom is 0.243 e. The average Bonchev–Trinajstić information content (AvgIpc) is 2.73. The van der Waals surface area contributed by atoms with Crippen molar-refractivity contribution in [2.75, 3.05) is 53.9 Å². The molecule has 0 aromatic heterocycles. The predicted molar refractivity (Wildman–Crippen MR) is 119 cm³/mol. The fraction of sp³-hybridized carbons (Fsp3) is 0.636. The van der Waals surface area contributed by atoms with Gasteiger partial charge in [-0.1, -0.05) is 19.1 Å². The summed E-state index contributed by atoms with van der Waals surface area (Å²) >= 11 is 0. The second-order valence-electron chi connectivity index (χ2n) is 7.74. The number of likely N-dealkylation sites (N-methyl/N-ethyl adjacent to an activating group) is 1. The van der Waals surface area contributed by atoms with Crippen molar-refractivity contribution in [3.63, 3.8) is 0 Å². The van der Waals surface area contributed by atoms with Crippen LogP contribution < -0.4 is 15.4 Å². The fourth-order valence-corrected chi connectivity index (χ4v) is 3.37. The Hall–Kier alpha value is -2.28. The van der Waals surface area contributed by atoms with Crippen molar-refractivity contribution < 1.29 is 9.53 Å². The van der Waals surface area contributed by atoms with Gasteiger partial charge in [-0.05, 0) is 49.9 Å². The third-order valence-electron chi connectivity index (χ3n) is 5.20. The van der Waals surface area contributed by atoms with Crippen molar-refractivity contribution in [3.8, 4) is 5.75 Å². The van der Waals surface area contributed by atoms with Gasteiger partial charge in [0, 0.05) is 39.8 Å². The Morgan fingerprint density at radius 1 is 1.24 bits per heavy atom. The van der Waals surface area contributed by atoms with Crippen molar-refractivity contribution in [1.29, 1.82) is 0 Å². The van der Waals surface area contributed by atoms with Crippen LogP contribution in [0.25, 0.3) is 0 Å². The van der Waals surface area contributed by atoms with Crippen LogP contribution in [0.4, 0.5) is 0 Å². The molecule has 162 valence electrons. The van der Waals surface area contributed by atoms with Gasteiger partial charge in [-0.25, -0.2) is 4.99 Å². The van der Waals surface area contributed by atoms with Crippen LogP contribution in [0, 0.1) is 0 Å².